The number of anilines is 1. The van der Waals surface area contributed by atoms with E-state index in [1.165, 1.54) is 23.5 Å². The van der Waals surface area contributed by atoms with Gasteiger partial charge in [-0.15, -0.1) is 21.5 Å². The van der Waals surface area contributed by atoms with Gasteiger partial charge in [0, 0.05) is 30.0 Å². The minimum atomic E-state index is -4.45. The molecule has 6 nitrogen and oxygen atoms in total. The molecule has 0 unspecified atom stereocenters. The zero-order chi connectivity index (χ0) is 17.9. The van der Waals surface area contributed by atoms with E-state index in [9.17, 15) is 18.0 Å². The number of carbonyl (C=O) groups is 1. The monoisotopic (exact) mass is 368 g/mol. The molecule has 0 aliphatic heterocycles. The number of alkyl halides is 3. The van der Waals surface area contributed by atoms with Crippen molar-refractivity contribution < 1.29 is 22.4 Å². The van der Waals surface area contributed by atoms with Crippen LogP contribution < -0.4 is 5.32 Å². The van der Waals surface area contributed by atoms with Crippen LogP contribution in [0.5, 0.6) is 0 Å². The molecule has 0 radical (unpaired) electrons. The summed E-state index contributed by atoms with van der Waals surface area (Å²) in [6.07, 6.45) is -2.63. The Morgan fingerprint density at radius 1 is 1.28 bits per heavy atom. The lowest BCUT2D eigenvalue weighted by molar-refractivity contribution is -0.137. The number of halogens is 3. The lowest BCUT2D eigenvalue weighted by Crippen LogP contribution is -2.12. The average Bonchev–Trinajstić information content (AvgIpc) is 3.24. The first kappa shape index (κ1) is 17.1. The molecule has 2 aromatic heterocycles. The van der Waals surface area contributed by atoms with Crippen molar-refractivity contribution in [3.63, 3.8) is 0 Å². The quantitative estimate of drug-likeness (QED) is 0.741. The van der Waals surface area contributed by atoms with Gasteiger partial charge < -0.3 is 9.73 Å². The van der Waals surface area contributed by atoms with Crippen LogP contribution in [0.4, 0.5) is 18.3 Å². The molecule has 0 fully saturated rings. The first-order valence-corrected chi connectivity index (χ1v) is 7.99. The van der Waals surface area contributed by atoms with Gasteiger partial charge in [-0.3, -0.25) is 4.79 Å². The number of nitrogens with zero attached hydrogens (tertiary/aromatic N) is 3. The smallest absolute Gasteiger partial charge is 0.416 e. The molecule has 0 aliphatic rings. The molecule has 10 heteroatoms. The third-order valence-electron chi connectivity index (χ3n) is 3.15. The molecule has 0 atom stereocenters. The van der Waals surface area contributed by atoms with Crippen LogP contribution in [0.1, 0.15) is 17.9 Å². The Bertz CT molecular complexity index is 862. The van der Waals surface area contributed by atoms with Gasteiger partial charge >= 0.3 is 6.18 Å². The van der Waals surface area contributed by atoms with E-state index in [0.717, 1.165) is 12.1 Å². The Hall–Kier alpha value is -2.75. The summed E-state index contributed by atoms with van der Waals surface area (Å²) in [4.78, 5) is 15.7. The maximum atomic E-state index is 12.7. The van der Waals surface area contributed by atoms with Crippen molar-refractivity contribution >= 4 is 22.4 Å². The number of hydrogen-bond acceptors (Lipinski definition) is 6. The Morgan fingerprint density at radius 3 is 2.84 bits per heavy atom. The molecule has 0 bridgehead atoms. The highest BCUT2D eigenvalue weighted by Crippen LogP contribution is 2.31. The van der Waals surface area contributed by atoms with Crippen molar-refractivity contribution in [1.29, 1.82) is 0 Å². The van der Waals surface area contributed by atoms with E-state index in [-0.39, 0.29) is 36.1 Å². The zero-order valence-electron chi connectivity index (χ0n) is 12.6. The molecule has 1 aromatic carbocycles. The van der Waals surface area contributed by atoms with Crippen molar-refractivity contribution in [1.82, 2.24) is 15.2 Å². The maximum absolute atomic E-state index is 12.7. The summed E-state index contributed by atoms with van der Waals surface area (Å²) in [6.45, 7) is 0. The topological polar surface area (TPSA) is 80.9 Å². The highest BCUT2D eigenvalue weighted by atomic mass is 32.1. The van der Waals surface area contributed by atoms with Gasteiger partial charge in [-0.25, -0.2) is 4.98 Å². The second-order valence-electron chi connectivity index (χ2n) is 4.96. The Balaban J connectivity index is 1.63. The summed E-state index contributed by atoms with van der Waals surface area (Å²) in [7, 11) is 0. The van der Waals surface area contributed by atoms with Gasteiger partial charge in [0.1, 0.15) is 0 Å². The van der Waals surface area contributed by atoms with Crippen LogP contribution in [0, 0.1) is 0 Å². The zero-order valence-corrected chi connectivity index (χ0v) is 13.4. The standard InChI is InChI=1S/C15H11F3N4O2S/c16-15(17,18)10-3-1-2-9(8-10)13-22-21-12(24-13)5-4-11(23)20-14-19-6-7-25-14/h1-3,6-8H,4-5H2,(H,19,20,23). The number of thiazole rings is 1. The largest absolute Gasteiger partial charge is 0.421 e. The van der Waals surface area contributed by atoms with Crippen LogP contribution in [0.15, 0.2) is 40.3 Å². The Morgan fingerprint density at radius 2 is 2.12 bits per heavy atom. The molecule has 1 N–H and O–H groups in total. The minimum absolute atomic E-state index is 0.0265. The number of carbonyl (C=O) groups excluding carboxylic acids is 1. The molecule has 0 saturated carbocycles. The number of aromatic nitrogens is 3. The highest BCUT2D eigenvalue weighted by Gasteiger charge is 2.30. The van der Waals surface area contributed by atoms with Crippen molar-refractivity contribution in [2.24, 2.45) is 0 Å². The van der Waals surface area contributed by atoms with Crippen molar-refractivity contribution in [2.45, 2.75) is 19.0 Å². The van der Waals surface area contributed by atoms with Gasteiger partial charge in [-0.05, 0) is 18.2 Å². The molecule has 0 spiro atoms. The molecular formula is C15H11F3N4O2S. The molecule has 1 amide bonds. The molecular weight excluding hydrogens is 357 g/mol. The SMILES string of the molecule is O=C(CCc1nnc(-c2cccc(C(F)(F)F)c2)o1)Nc1nccs1. The normalized spacial score (nSPS) is 11.5. The van der Waals surface area contributed by atoms with Crippen LogP contribution >= 0.6 is 11.3 Å². The first-order valence-electron chi connectivity index (χ1n) is 7.11. The predicted molar refractivity (Wildman–Crippen MR) is 83.8 cm³/mol. The first-order chi connectivity index (χ1) is 11.9. The number of aryl methyl sites for hydroxylation is 1. The van der Waals surface area contributed by atoms with Gasteiger partial charge in [0.2, 0.25) is 17.7 Å². The number of rotatable bonds is 5. The van der Waals surface area contributed by atoms with Crippen LogP contribution in [0.3, 0.4) is 0 Å². The third kappa shape index (κ3) is 4.41. The van der Waals surface area contributed by atoms with Crippen molar-refractivity contribution in [2.75, 3.05) is 5.32 Å². The molecule has 0 aliphatic carbocycles. The van der Waals surface area contributed by atoms with E-state index < -0.39 is 11.7 Å². The van der Waals surface area contributed by atoms with E-state index in [1.54, 1.807) is 11.6 Å². The van der Waals surface area contributed by atoms with Crippen molar-refractivity contribution in [3.8, 4) is 11.5 Å². The second kappa shape index (κ2) is 7.01. The van der Waals surface area contributed by atoms with E-state index in [0.29, 0.717) is 5.13 Å². The Kier molecular flexibility index (Phi) is 4.79. The molecule has 3 rings (SSSR count). The van der Waals surface area contributed by atoms with Gasteiger partial charge in [0.05, 0.1) is 5.56 Å². The highest BCUT2D eigenvalue weighted by molar-refractivity contribution is 7.13. The number of amides is 1. The maximum Gasteiger partial charge on any atom is 0.416 e. The van der Waals surface area contributed by atoms with E-state index in [2.05, 4.69) is 20.5 Å². The molecule has 3 aromatic rings. The van der Waals surface area contributed by atoms with Gasteiger partial charge in [-0.1, -0.05) is 6.07 Å². The van der Waals surface area contributed by atoms with Crippen molar-refractivity contribution in [3.05, 3.63) is 47.3 Å². The van der Waals surface area contributed by atoms with Gasteiger partial charge in [0.25, 0.3) is 0 Å². The van der Waals surface area contributed by atoms with E-state index >= 15 is 0 Å². The summed E-state index contributed by atoms with van der Waals surface area (Å²) in [5, 5.41) is 12.3. The molecule has 25 heavy (non-hydrogen) atoms. The van der Waals surface area contributed by atoms with Gasteiger partial charge in [-0.2, -0.15) is 13.2 Å². The summed E-state index contributed by atoms with van der Waals surface area (Å²) in [5.74, 6) is -0.128. The summed E-state index contributed by atoms with van der Waals surface area (Å²) >= 11 is 1.29. The third-order valence-corrected chi connectivity index (χ3v) is 3.84. The average molecular weight is 368 g/mol. The van der Waals surface area contributed by atoms with E-state index in [1.807, 2.05) is 0 Å². The van der Waals surface area contributed by atoms with Crippen LogP contribution in [0.2, 0.25) is 0 Å². The Labute approximate surface area is 143 Å². The lowest BCUT2D eigenvalue weighted by atomic mass is 10.1. The lowest BCUT2D eigenvalue weighted by Gasteiger charge is -2.06. The second-order valence-corrected chi connectivity index (χ2v) is 5.86. The predicted octanol–water partition coefficient (Wildman–Crippen LogP) is 3.78. The molecule has 0 saturated heterocycles. The van der Waals surface area contributed by atoms with Crippen LogP contribution in [0.25, 0.3) is 11.5 Å². The molecule has 130 valence electrons. The minimum Gasteiger partial charge on any atom is -0.421 e. The summed E-state index contributed by atoms with van der Waals surface area (Å²) in [5.41, 5.74) is -0.631. The summed E-state index contributed by atoms with van der Waals surface area (Å²) < 4.78 is 43.6. The number of nitrogens with one attached hydrogen (secondary N) is 1. The van der Waals surface area contributed by atoms with Gasteiger partial charge in [0.15, 0.2) is 5.13 Å². The van der Waals surface area contributed by atoms with E-state index in [4.69, 9.17) is 4.42 Å². The molecule has 2 heterocycles. The van der Waals surface area contributed by atoms with Crippen LogP contribution in [-0.2, 0) is 17.4 Å². The fourth-order valence-electron chi connectivity index (χ4n) is 1.99. The number of benzene rings is 1. The fourth-order valence-corrected chi connectivity index (χ4v) is 2.53. The van der Waals surface area contributed by atoms with Crippen LogP contribution in [-0.4, -0.2) is 21.1 Å². The fraction of sp³-hybridized carbons (Fsp3) is 0.200. The number of hydrogen-bond donors (Lipinski definition) is 1. The summed E-state index contributed by atoms with van der Waals surface area (Å²) in [6, 6.07) is 4.61.